The molecule has 0 fully saturated rings. The zero-order valence-electron chi connectivity index (χ0n) is 23.1. The second kappa shape index (κ2) is 14.4. The Labute approximate surface area is 220 Å². The van der Waals surface area contributed by atoms with E-state index in [1.54, 1.807) is 50.7 Å². The van der Waals surface area contributed by atoms with Gasteiger partial charge in [-0.1, -0.05) is 38.0 Å². The Balaban J connectivity index is 3.47. The number of hydrogen-bond acceptors (Lipinski definition) is 6. The minimum absolute atomic E-state index is 0.0750. The molecule has 0 radical (unpaired) electrons. The van der Waals surface area contributed by atoms with Gasteiger partial charge in [-0.25, -0.2) is 4.79 Å². The largest absolute Gasteiger partial charge is 0.508 e. The zero-order chi connectivity index (χ0) is 27.5. The van der Waals surface area contributed by atoms with E-state index in [2.05, 4.69) is 17.6 Å². The summed E-state index contributed by atoms with van der Waals surface area (Å²) in [6, 6.07) is 4.55. The lowest BCUT2D eigenvalue weighted by molar-refractivity contribution is -0.148. The highest BCUT2D eigenvalue weighted by Crippen LogP contribution is 2.34. The third-order valence-corrected chi connectivity index (χ3v) is 6.02. The molecule has 0 aliphatic heterocycles. The first-order valence-corrected chi connectivity index (χ1v) is 14.0. The van der Waals surface area contributed by atoms with Gasteiger partial charge in [0.05, 0.1) is 0 Å². The van der Waals surface area contributed by atoms with Crippen molar-refractivity contribution in [3.05, 3.63) is 29.8 Å². The van der Waals surface area contributed by atoms with Gasteiger partial charge in [-0.2, -0.15) is 11.8 Å². The van der Waals surface area contributed by atoms with Gasteiger partial charge in [0.1, 0.15) is 23.4 Å². The Morgan fingerprint density at radius 3 is 2.25 bits per heavy atom. The molecule has 0 saturated carbocycles. The quantitative estimate of drug-likeness (QED) is 0.332. The second-order valence-electron chi connectivity index (χ2n) is 10.8. The molecule has 0 aromatic heterocycles. The minimum atomic E-state index is -1.09. The van der Waals surface area contributed by atoms with Crippen molar-refractivity contribution in [2.75, 3.05) is 18.6 Å². The highest BCUT2D eigenvalue weighted by atomic mass is 32.2. The number of rotatable bonds is 12. The van der Waals surface area contributed by atoms with Crippen LogP contribution in [-0.2, 0) is 14.3 Å². The molecule has 0 heterocycles. The minimum Gasteiger partial charge on any atom is -0.508 e. The van der Waals surface area contributed by atoms with E-state index in [1.165, 1.54) is 11.0 Å². The molecule has 1 aromatic rings. The number of carbonyl (C=O) groups is 3. The molecule has 9 heteroatoms. The van der Waals surface area contributed by atoms with E-state index in [1.807, 2.05) is 27.0 Å². The first kappa shape index (κ1) is 31.6. The molecule has 0 aliphatic carbocycles. The van der Waals surface area contributed by atoms with E-state index in [9.17, 15) is 19.5 Å². The summed E-state index contributed by atoms with van der Waals surface area (Å²) in [6.07, 6.45) is 4.39. The molecule has 0 bridgehead atoms. The molecule has 2 atom stereocenters. The number of amides is 3. The fourth-order valence-electron chi connectivity index (χ4n) is 3.76. The summed E-state index contributed by atoms with van der Waals surface area (Å²) in [5, 5.41) is 16.3. The van der Waals surface area contributed by atoms with Crippen molar-refractivity contribution < 1.29 is 24.2 Å². The van der Waals surface area contributed by atoms with Crippen LogP contribution < -0.4 is 10.6 Å². The molecule has 1 aromatic carbocycles. The molecule has 0 aliphatic rings. The number of para-hydroxylation sites is 1. The fraction of sp³-hybridized carbons (Fsp3) is 0.667. The second-order valence-corrected chi connectivity index (χ2v) is 11.8. The van der Waals surface area contributed by atoms with Gasteiger partial charge in [-0.3, -0.25) is 9.59 Å². The molecule has 3 N–H and O–H groups in total. The van der Waals surface area contributed by atoms with Gasteiger partial charge in [-0.05, 0) is 72.5 Å². The number of thioether (sulfide) groups is 1. The Morgan fingerprint density at radius 2 is 1.72 bits per heavy atom. The highest BCUT2D eigenvalue weighted by Gasteiger charge is 2.42. The van der Waals surface area contributed by atoms with E-state index in [0.717, 1.165) is 19.3 Å². The van der Waals surface area contributed by atoms with E-state index < -0.39 is 35.2 Å². The zero-order valence-corrected chi connectivity index (χ0v) is 24.0. The number of hydrogen-bond donors (Lipinski definition) is 3. The summed E-state index contributed by atoms with van der Waals surface area (Å²) in [5.41, 5.74) is -1.20. The molecule has 2 unspecified atom stereocenters. The Morgan fingerprint density at radius 1 is 1.08 bits per heavy atom. The molecule has 36 heavy (non-hydrogen) atoms. The molecule has 1 rings (SSSR count). The predicted molar refractivity (Wildman–Crippen MR) is 146 cm³/mol. The van der Waals surface area contributed by atoms with Gasteiger partial charge in [0.25, 0.3) is 0 Å². The van der Waals surface area contributed by atoms with Gasteiger partial charge in [-0.15, -0.1) is 0 Å². The van der Waals surface area contributed by atoms with Crippen LogP contribution in [0.25, 0.3) is 0 Å². The maximum atomic E-state index is 14.1. The van der Waals surface area contributed by atoms with Crippen molar-refractivity contribution in [2.24, 2.45) is 0 Å². The van der Waals surface area contributed by atoms with Crippen molar-refractivity contribution >= 4 is 29.7 Å². The summed E-state index contributed by atoms with van der Waals surface area (Å²) < 4.78 is 5.40. The lowest BCUT2D eigenvalue weighted by Gasteiger charge is -2.43. The Hall–Kier alpha value is -2.42. The normalized spacial score (nSPS) is 13.4. The van der Waals surface area contributed by atoms with Gasteiger partial charge < -0.3 is 25.4 Å². The van der Waals surface area contributed by atoms with E-state index in [0.29, 0.717) is 24.3 Å². The van der Waals surface area contributed by atoms with E-state index in [4.69, 9.17) is 4.74 Å². The smallest absolute Gasteiger partial charge is 0.408 e. The van der Waals surface area contributed by atoms with Crippen molar-refractivity contribution in [1.29, 1.82) is 0 Å². The number of phenols is 1. The third-order valence-electron chi connectivity index (χ3n) is 5.38. The van der Waals surface area contributed by atoms with Crippen LogP contribution >= 0.6 is 11.8 Å². The maximum absolute atomic E-state index is 14.1. The monoisotopic (exact) mass is 523 g/mol. The number of alkyl carbamates (subject to hydrolysis) is 1. The predicted octanol–water partition coefficient (Wildman–Crippen LogP) is 5.01. The van der Waals surface area contributed by atoms with Gasteiger partial charge in [0.2, 0.25) is 11.8 Å². The van der Waals surface area contributed by atoms with E-state index in [-0.39, 0.29) is 11.7 Å². The first-order chi connectivity index (χ1) is 16.7. The number of nitrogens with zero attached hydrogens (tertiary/aromatic N) is 1. The van der Waals surface area contributed by atoms with Crippen LogP contribution in [0.2, 0.25) is 0 Å². The van der Waals surface area contributed by atoms with Crippen LogP contribution in [-0.4, -0.2) is 63.6 Å². The number of benzene rings is 1. The van der Waals surface area contributed by atoms with Crippen LogP contribution in [0.4, 0.5) is 4.79 Å². The molecule has 204 valence electrons. The highest BCUT2D eigenvalue weighted by molar-refractivity contribution is 7.98. The van der Waals surface area contributed by atoms with Crippen molar-refractivity contribution in [1.82, 2.24) is 15.5 Å². The van der Waals surface area contributed by atoms with Crippen LogP contribution in [0.5, 0.6) is 5.75 Å². The van der Waals surface area contributed by atoms with Crippen LogP contribution in [0.1, 0.15) is 85.8 Å². The number of carbonyl (C=O) groups excluding carboxylic acids is 3. The maximum Gasteiger partial charge on any atom is 0.408 e. The summed E-state index contributed by atoms with van der Waals surface area (Å²) in [6.45, 7) is 13.3. The van der Waals surface area contributed by atoms with Crippen molar-refractivity contribution in [3.63, 3.8) is 0 Å². The molecule has 0 spiro atoms. The van der Waals surface area contributed by atoms with Crippen LogP contribution in [0.15, 0.2) is 24.3 Å². The standard InChI is InChI=1S/C27H45N3O5S/c1-9-10-13-17-28-23(32)22(19-14-11-12-15-21(19)31)30(26(2,3)4)24(33)20(16-18-36-8)29-25(34)35-27(5,6)7/h11-12,14-15,20,22,31H,9-10,13,16-18H2,1-8H3,(H,28,32)(H,29,34). The number of aromatic hydroxyl groups is 1. The summed E-state index contributed by atoms with van der Waals surface area (Å²) >= 11 is 1.55. The fourth-order valence-corrected chi connectivity index (χ4v) is 4.23. The Bertz CT molecular complexity index is 864. The topological polar surface area (TPSA) is 108 Å². The number of unbranched alkanes of at least 4 members (excludes halogenated alkanes) is 2. The lowest BCUT2D eigenvalue weighted by Crippen LogP contribution is -2.58. The van der Waals surface area contributed by atoms with Crippen LogP contribution in [0.3, 0.4) is 0 Å². The summed E-state index contributed by atoms with van der Waals surface area (Å²) in [7, 11) is 0. The third kappa shape index (κ3) is 10.3. The molecule has 3 amide bonds. The molecular weight excluding hydrogens is 478 g/mol. The van der Waals surface area contributed by atoms with Gasteiger partial charge in [0.15, 0.2) is 0 Å². The molecular formula is C27H45N3O5S. The van der Waals surface area contributed by atoms with Crippen molar-refractivity contribution in [2.45, 2.75) is 97.4 Å². The molecule has 0 saturated heterocycles. The Kier molecular flexibility index (Phi) is 12.6. The first-order valence-electron chi connectivity index (χ1n) is 12.6. The SMILES string of the molecule is CCCCCNC(=O)C(c1ccccc1O)N(C(=O)C(CCSC)NC(=O)OC(C)(C)C)C(C)(C)C. The number of nitrogens with one attached hydrogen (secondary N) is 2. The average Bonchev–Trinajstić information content (AvgIpc) is 2.75. The van der Waals surface area contributed by atoms with Gasteiger partial charge >= 0.3 is 6.09 Å². The number of ether oxygens (including phenoxy) is 1. The lowest BCUT2D eigenvalue weighted by atomic mass is 9.94. The molecule has 8 nitrogen and oxygen atoms in total. The van der Waals surface area contributed by atoms with E-state index >= 15 is 0 Å². The van der Waals surface area contributed by atoms with Crippen LogP contribution in [0, 0.1) is 0 Å². The summed E-state index contributed by atoms with van der Waals surface area (Å²) in [4.78, 5) is 41.7. The number of phenolic OH excluding ortho intramolecular Hbond substituents is 1. The van der Waals surface area contributed by atoms with Gasteiger partial charge in [0, 0.05) is 17.6 Å². The van der Waals surface area contributed by atoms with Crippen molar-refractivity contribution in [3.8, 4) is 5.75 Å². The summed E-state index contributed by atoms with van der Waals surface area (Å²) in [5.74, 6) is -0.251. The average molecular weight is 524 g/mol.